The number of hydrogen-bond donors (Lipinski definition) is 0. The number of ether oxygens (including phenoxy) is 1. The van der Waals surface area contributed by atoms with E-state index in [-0.39, 0.29) is 5.75 Å². The normalized spacial score (nSPS) is 11.5. The Morgan fingerprint density at radius 1 is 0.677 bits per heavy atom. The van der Waals surface area contributed by atoms with Crippen LogP contribution in [0.25, 0.3) is 33.0 Å². The molecule has 31 heavy (non-hydrogen) atoms. The van der Waals surface area contributed by atoms with E-state index in [9.17, 15) is 13.2 Å². The molecule has 0 fully saturated rings. The number of hydrogen-bond acceptors (Lipinski definition) is 1. The van der Waals surface area contributed by atoms with Crippen LogP contribution in [0.5, 0.6) is 5.75 Å². The van der Waals surface area contributed by atoms with Crippen molar-refractivity contribution in [1.29, 1.82) is 0 Å². The molecule has 4 heteroatoms. The lowest BCUT2D eigenvalue weighted by atomic mass is 9.97. The second kappa shape index (κ2) is 8.68. The molecule has 0 aliphatic carbocycles. The third-order valence-corrected chi connectivity index (χ3v) is 5.19. The van der Waals surface area contributed by atoms with Gasteiger partial charge in [0, 0.05) is 0 Å². The van der Waals surface area contributed by atoms with Crippen molar-refractivity contribution in [1.82, 2.24) is 0 Å². The van der Waals surface area contributed by atoms with E-state index in [0.717, 1.165) is 40.5 Å². The molecular weight excluding hydrogens is 397 g/mol. The third kappa shape index (κ3) is 5.15. The lowest BCUT2D eigenvalue weighted by molar-refractivity contribution is -0.274. The fourth-order valence-corrected chi connectivity index (χ4v) is 3.59. The molecule has 0 saturated heterocycles. The average Bonchev–Trinajstić information content (AvgIpc) is 2.77. The maximum absolute atomic E-state index is 12.4. The summed E-state index contributed by atoms with van der Waals surface area (Å²) in [5, 5.41) is 1.55. The van der Waals surface area contributed by atoms with Gasteiger partial charge in [-0.3, -0.25) is 0 Å². The minimum absolute atomic E-state index is 0.215. The zero-order valence-corrected chi connectivity index (χ0v) is 16.8. The van der Waals surface area contributed by atoms with Gasteiger partial charge in [0.05, 0.1) is 0 Å². The molecule has 0 radical (unpaired) electrons. The molecule has 0 atom stereocenters. The predicted molar refractivity (Wildman–Crippen MR) is 120 cm³/mol. The molecule has 0 bridgehead atoms. The Hall–Kier alpha value is -3.53. The van der Waals surface area contributed by atoms with Crippen LogP contribution in [0.2, 0.25) is 0 Å². The van der Waals surface area contributed by atoms with E-state index in [2.05, 4.69) is 59.8 Å². The Balaban J connectivity index is 1.54. The maximum atomic E-state index is 12.4. The van der Waals surface area contributed by atoms with Gasteiger partial charge in [0.1, 0.15) is 5.75 Å². The monoisotopic (exact) mass is 418 g/mol. The van der Waals surface area contributed by atoms with E-state index in [4.69, 9.17) is 0 Å². The van der Waals surface area contributed by atoms with Crippen molar-refractivity contribution in [2.45, 2.75) is 19.2 Å². The average molecular weight is 418 g/mol. The molecule has 4 aromatic carbocycles. The molecule has 0 saturated carbocycles. The molecule has 0 aromatic heterocycles. The highest BCUT2D eigenvalue weighted by molar-refractivity contribution is 5.88. The topological polar surface area (TPSA) is 9.23 Å². The molecule has 4 rings (SSSR count). The number of aryl methyl sites for hydroxylation is 1. The Morgan fingerprint density at radius 2 is 1.19 bits per heavy atom. The van der Waals surface area contributed by atoms with Crippen molar-refractivity contribution in [3.8, 4) is 28.0 Å². The second-order valence-electron chi connectivity index (χ2n) is 7.37. The summed E-state index contributed by atoms with van der Waals surface area (Å²) in [5.74, 6) is -0.215. The number of benzene rings is 4. The van der Waals surface area contributed by atoms with Gasteiger partial charge < -0.3 is 4.74 Å². The van der Waals surface area contributed by atoms with E-state index in [1.54, 1.807) is 6.07 Å². The quantitative estimate of drug-likeness (QED) is 0.287. The molecular formula is C27H21F3O. The van der Waals surface area contributed by atoms with Gasteiger partial charge in [-0.05, 0) is 69.6 Å². The van der Waals surface area contributed by atoms with Crippen LogP contribution < -0.4 is 4.74 Å². The van der Waals surface area contributed by atoms with Crippen LogP contribution in [0.15, 0.2) is 97.6 Å². The van der Waals surface area contributed by atoms with Crippen molar-refractivity contribution in [2.75, 3.05) is 0 Å². The van der Waals surface area contributed by atoms with Gasteiger partial charge in [0.2, 0.25) is 0 Å². The summed E-state index contributed by atoms with van der Waals surface area (Å²) in [5.41, 5.74) is 5.63. The Kier molecular flexibility index (Phi) is 5.81. The van der Waals surface area contributed by atoms with Crippen LogP contribution in [0.1, 0.15) is 12.0 Å². The van der Waals surface area contributed by atoms with Crippen molar-refractivity contribution in [3.05, 3.63) is 103 Å². The molecule has 0 aliphatic heterocycles. The van der Waals surface area contributed by atoms with Crippen molar-refractivity contribution in [3.63, 3.8) is 0 Å². The SMILES string of the molecule is C=CCCc1ccc(-c2ccc(-c3ccc4cc(OC(F)(F)F)ccc4c3)cc2)cc1. The van der Waals surface area contributed by atoms with E-state index in [0.29, 0.717) is 5.39 Å². The van der Waals surface area contributed by atoms with Gasteiger partial charge >= 0.3 is 6.36 Å². The molecule has 0 spiro atoms. The number of halogens is 3. The zero-order valence-electron chi connectivity index (χ0n) is 16.8. The lowest BCUT2D eigenvalue weighted by Crippen LogP contribution is -2.16. The minimum Gasteiger partial charge on any atom is -0.406 e. The van der Waals surface area contributed by atoms with Crippen LogP contribution in [0.3, 0.4) is 0 Å². The molecule has 1 nitrogen and oxygen atoms in total. The lowest BCUT2D eigenvalue weighted by Gasteiger charge is -2.10. The van der Waals surface area contributed by atoms with E-state index in [1.807, 2.05) is 24.3 Å². The van der Waals surface area contributed by atoms with Crippen LogP contribution in [-0.4, -0.2) is 6.36 Å². The highest BCUT2D eigenvalue weighted by Crippen LogP contribution is 2.31. The van der Waals surface area contributed by atoms with Gasteiger partial charge in [-0.25, -0.2) is 0 Å². The van der Waals surface area contributed by atoms with E-state index >= 15 is 0 Å². The number of alkyl halides is 3. The van der Waals surface area contributed by atoms with E-state index < -0.39 is 6.36 Å². The Bertz CT molecular complexity index is 1190. The molecule has 0 heterocycles. The van der Waals surface area contributed by atoms with Gasteiger partial charge in [-0.15, -0.1) is 19.8 Å². The van der Waals surface area contributed by atoms with Gasteiger partial charge in [-0.1, -0.05) is 72.8 Å². The van der Waals surface area contributed by atoms with Gasteiger partial charge in [0.15, 0.2) is 0 Å². The zero-order chi connectivity index (χ0) is 21.8. The summed E-state index contributed by atoms with van der Waals surface area (Å²) < 4.78 is 41.3. The summed E-state index contributed by atoms with van der Waals surface area (Å²) in [6.45, 7) is 3.76. The fraction of sp³-hybridized carbons (Fsp3) is 0.111. The second-order valence-corrected chi connectivity index (χ2v) is 7.37. The van der Waals surface area contributed by atoms with Gasteiger partial charge in [0.25, 0.3) is 0 Å². The van der Waals surface area contributed by atoms with Crippen LogP contribution in [0, 0.1) is 0 Å². The highest BCUT2D eigenvalue weighted by atomic mass is 19.4. The van der Waals surface area contributed by atoms with Crippen LogP contribution >= 0.6 is 0 Å². The van der Waals surface area contributed by atoms with E-state index in [1.165, 1.54) is 17.7 Å². The molecule has 0 aliphatic rings. The first-order chi connectivity index (χ1) is 14.9. The van der Waals surface area contributed by atoms with Crippen molar-refractivity contribution in [2.24, 2.45) is 0 Å². The minimum atomic E-state index is -4.69. The molecule has 156 valence electrons. The van der Waals surface area contributed by atoms with Crippen molar-refractivity contribution >= 4 is 10.8 Å². The summed E-state index contributed by atoms with van der Waals surface area (Å²) in [6.07, 6.45) is -0.805. The molecule has 4 aromatic rings. The summed E-state index contributed by atoms with van der Waals surface area (Å²) in [7, 11) is 0. The first-order valence-corrected chi connectivity index (χ1v) is 10.0. The Labute approximate surface area is 179 Å². The molecule has 0 unspecified atom stereocenters. The first-order valence-electron chi connectivity index (χ1n) is 10.0. The Morgan fingerprint density at radius 3 is 1.81 bits per heavy atom. The third-order valence-electron chi connectivity index (χ3n) is 5.19. The van der Waals surface area contributed by atoms with Gasteiger partial charge in [-0.2, -0.15) is 0 Å². The largest absolute Gasteiger partial charge is 0.573 e. The number of fused-ring (bicyclic) bond motifs is 1. The standard InChI is InChI=1S/C27H21F3O/c1-2-3-4-19-5-7-20(8-6-19)21-9-11-22(12-10-21)23-13-14-25-18-26(31-27(28,29)30)16-15-24(25)17-23/h2,5-18H,1,3-4H2. The first kappa shape index (κ1) is 20.7. The van der Waals surface area contributed by atoms with Crippen LogP contribution in [-0.2, 0) is 6.42 Å². The number of allylic oxidation sites excluding steroid dienone is 1. The summed E-state index contributed by atoms with van der Waals surface area (Å²) >= 11 is 0. The number of rotatable bonds is 6. The summed E-state index contributed by atoms with van der Waals surface area (Å²) in [4.78, 5) is 0. The molecule has 0 N–H and O–H groups in total. The van der Waals surface area contributed by atoms with Crippen molar-refractivity contribution < 1.29 is 17.9 Å². The van der Waals surface area contributed by atoms with Crippen LogP contribution in [0.4, 0.5) is 13.2 Å². The maximum Gasteiger partial charge on any atom is 0.573 e. The molecule has 0 amide bonds. The summed E-state index contributed by atoms with van der Waals surface area (Å²) in [6, 6.07) is 26.9. The predicted octanol–water partition coefficient (Wildman–Crippen LogP) is 8.19. The fourth-order valence-electron chi connectivity index (χ4n) is 3.59. The smallest absolute Gasteiger partial charge is 0.406 e. The highest BCUT2D eigenvalue weighted by Gasteiger charge is 2.31.